The van der Waals surface area contributed by atoms with Gasteiger partial charge in [0.2, 0.25) is 0 Å². The van der Waals surface area contributed by atoms with Gasteiger partial charge in [0, 0.05) is 11.0 Å². The Bertz CT molecular complexity index is 336. The molecule has 0 radical (unpaired) electrons. The Kier molecular flexibility index (Phi) is 5.45. The molecule has 1 fully saturated rings. The van der Waals surface area contributed by atoms with Crippen LogP contribution < -0.4 is 5.32 Å². The third-order valence-corrected chi connectivity index (χ3v) is 5.34. The number of furan rings is 1. The predicted octanol–water partition coefficient (Wildman–Crippen LogP) is 4.37. The lowest BCUT2D eigenvalue weighted by Crippen LogP contribution is -2.23. The number of halogens is 1. The third kappa shape index (κ3) is 3.76. The van der Waals surface area contributed by atoms with Gasteiger partial charge in [-0.2, -0.15) is 11.8 Å². The monoisotopic (exact) mass is 317 g/mol. The molecular weight excluding hydrogens is 298 g/mol. The fourth-order valence-corrected chi connectivity index (χ4v) is 4.19. The minimum atomic E-state index is 0.329. The summed E-state index contributed by atoms with van der Waals surface area (Å²) >= 11 is 5.64. The first-order chi connectivity index (χ1) is 8.31. The maximum Gasteiger partial charge on any atom is 0.135 e. The zero-order valence-electron chi connectivity index (χ0n) is 10.2. The highest BCUT2D eigenvalue weighted by molar-refractivity contribution is 9.10. The van der Waals surface area contributed by atoms with Crippen molar-refractivity contribution in [3.8, 4) is 0 Å². The molecule has 0 spiro atoms. The highest BCUT2D eigenvalue weighted by Crippen LogP contribution is 2.33. The number of hydrogen-bond donors (Lipinski definition) is 1. The molecule has 96 valence electrons. The van der Waals surface area contributed by atoms with Crippen molar-refractivity contribution in [1.29, 1.82) is 0 Å². The molecule has 1 N–H and O–H groups in total. The van der Waals surface area contributed by atoms with Crippen molar-refractivity contribution in [3.05, 3.63) is 22.6 Å². The van der Waals surface area contributed by atoms with Crippen LogP contribution in [0.25, 0.3) is 0 Å². The first-order valence-electron chi connectivity index (χ1n) is 6.39. The second kappa shape index (κ2) is 6.86. The summed E-state index contributed by atoms with van der Waals surface area (Å²) in [7, 11) is 0. The van der Waals surface area contributed by atoms with E-state index in [0.717, 1.165) is 27.8 Å². The quantitative estimate of drug-likeness (QED) is 0.843. The van der Waals surface area contributed by atoms with Gasteiger partial charge in [-0.15, -0.1) is 0 Å². The minimum Gasteiger partial charge on any atom is -0.466 e. The SMILES string of the molecule is CCNC(CSC1CCCC1)c1occc1Br. The third-order valence-electron chi connectivity index (χ3n) is 3.21. The van der Waals surface area contributed by atoms with Gasteiger partial charge in [0.1, 0.15) is 5.76 Å². The number of hydrogen-bond acceptors (Lipinski definition) is 3. The molecule has 1 unspecified atom stereocenters. The summed E-state index contributed by atoms with van der Waals surface area (Å²) < 4.78 is 6.65. The lowest BCUT2D eigenvalue weighted by Gasteiger charge is -2.18. The summed E-state index contributed by atoms with van der Waals surface area (Å²) in [6, 6.07) is 2.30. The van der Waals surface area contributed by atoms with Gasteiger partial charge in [0.05, 0.1) is 16.8 Å². The van der Waals surface area contributed by atoms with Gasteiger partial charge < -0.3 is 9.73 Å². The maximum absolute atomic E-state index is 5.57. The molecule has 4 heteroatoms. The van der Waals surface area contributed by atoms with E-state index in [-0.39, 0.29) is 0 Å². The predicted molar refractivity (Wildman–Crippen MR) is 77.5 cm³/mol. The molecule has 2 nitrogen and oxygen atoms in total. The molecule has 1 heterocycles. The average Bonchev–Trinajstić information content (AvgIpc) is 2.95. The standard InChI is InChI=1S/C13H20BrNOS/c1-2-15-12(13-11(14)7-8-16-13)9-17-10-5-3-4-6-10/h7-8,10,12,15H,2-6,9H2,1H3. The van der Waals surface area contributed by atoms with E-state index in [4.69, 9.17) is 4.42 Å². The maximum atomic E-state index is 5.57. The largest absolute Gasteiger partial charge is 0.466 e. The molecule has 0 saturated heterocycles. The fourth-order valence-electron chi connectivity index (χ4n) is 2.32. The molecule has 1 aliphatic carbocycles. The minimum absolute atomic E-state index is 0.329. The molecule has 17 heavy (non-hydrogen) atoms. The Morgan fingerprint density at radius 3 is 2.88 bits per heavy atom. The van der Waals surface area contributed by atoms with Crippen LogP contribution in [0.4, 0.5) is 0 Å². The summed E-state index contributed by atoms with van der Waals surface area (Å²) in [5.74, 6) is 2.14. The Labute approximate surface area is 116 Å². The van der Waals surface area contributed by atoms with Gasteiger partial charge in [-0.1, -0.05) is 19.8 Å². The van der Waals surface area contributed by atoms with E-state index in [0.29, 0.717) is 6.04 Å². The Morgan fingerprint density at radius 1 is 1.53 bits per heavy atom. The van der Waals surface area contributed by atoms with Crippen molar-refractivity contribution in [2.24, 2.45) is 0 Å². The van der Waals surface area contributed by atoms with Crippen LogP contribution in [0, 0.1) is 0 Å². The summed E-state index contributed by atoms with van der Waals surface area (Å²) in [5, 5.41) is 4.37. The van der Waals surface area contributed by atoms with Gasteiger partial charge in [0.15, 0.2) is 0 Å². The van der Waals surface area contributed by atoms with E-state index in [9.17, 15) is 0 Å². The van der Waals surface area contributed by atoms with Crippen LogP contribution in [0.15, 0.2) is 21.2 Å². The van der Waals surface area contributed by atoms with Crippen molar-refractivity contribution >= 4 is 27.7 Å². The molecule has 0 amide bonds. The summed E-state index contributed by atoms with van der Waals surface area (Å²) in [5.41, 5.74) is 0. The van der Waals surface area contributed by atoms with Crippen LogP contribution in [0.3, 0.4) is 0 Å². The van der Waals surface area contributed by atoms with Gasteiger partial charge >= 0.3 is 0 Å². The molecule has 2 rings (SSSR count). The molecule has 1 aliphatic rings. The van der Waals surface area contributed by atoms with Crippen LogP contribution >= 0.6 is 27.7 Å². The number of nitrogens with one attached hydrogen (secondary N) is 1. The zero-order chi connectivity index (χ0) is 12.1. The zero-order valence-corrected chi connectivity index (χ0v) is 12.6. The lowest BCUT2D eigenvalue weighted by atomic mass is 10.2. The second-order valence-corrected chi connectivity index (χ2v) is 6.67. The average molecular weight is 318 g/mol. The van der Waals surface area contributed by atoms with E-state index in [2.05, 4.69) is 39.9 Å². The Hall–Kier alpha value is 0.0700. The van der Waals surface area contributed by atoms with Crippen LogP contribution in [-0.2, 0) is 0 Å². The van der Waals surface area contributed by atoms with Crippen molar-refractivity contribution in [2.75, 3.05) is 12.3 Å². The van der Waals surface area contributed by atoms with Gasteiger partial charge in [-0.25, -0.2) is 0 Å². The van der Waals surface area contributed by atoms with Crippen molar-refractivity contribution in [1.82, 2.24) is 5.32 Å². The molecule has 1 aromatic heterocycles. The molecule has 1 saturated carbocycles. The van der Waals surface area contributed by atoms with Crippen LogP contribution in [0.2, 0.25) is 0 Å². The number of rotatable bonds is 6. The van der Waals surface area contributed by atoms with Gasteiger partial charge in [-0.05, 0) is 41.4 Å². The first-order valence-corrected chi connectivity index (χ1v) is 8.23. The van der Waals surface area contributed by atoms with E-state index in [1.165, 1.54) is 25.7 Å². The Morgan fingerprint density at radius 2 is 2.29 bits per heavy atom. The molecule has 0 bridgehead atoms. The molecule has 0 aromatic carbocycles. The molecule has 1 atom stereocenters. The van der Waals surface area contributed by atoms with E-state index in [1.54, 1.807) is 6.26 Å². The van der Waals surface area contributed by atoms with Crippen LogP contribution in [-0.4, -0.2) is 17.5 Å². The van der Waals surface area contributed by atoms with Crippen molar-refractivity contribution in [2.45, 2.75) is 43.9 Å². The van der Waals surface area contributed by atoms with Crippen molar-refractivity contribution < 1.29 is 4.42 Å². The van der Waals surface area contributed by atoms with Crippen LogP contribution in [0.1, 0.15) is 44.4 Å². The smallest absolute Gasteiger partial charge is 0.135 e. The summed E-state index contributed by atoms with van der Waals surface area (Å²) in [4.78, 5) is 0. The van der Waals surface area contributed by atoms with Gasteiger partial charge in [-0.3, -0.25) is 0 Å². The number of thioether (sulfide) groups is 1. The molecule has 0 aliphatic heterocycles. The molecular formula is C13H20BrNOS. The van der Waals surface area contributed by atoms with E-state index >= 15 is 0 Å². The van der Waals surface area contributed by atoms with Crippen LogP contribution in [0.5, 0.6) is 0 Å². The van der Waals surface area contributed by atoms with Gasteiger partial charge in [0.25, 0.3) is 0 Å². The van der Waals surface area contributed by atoms with Crippen molar-refractivity contribution in [3.63, 3.8) is 0 Å². The van der Waals surface area contributed by atoms with E-state index < -0.39 is 0 Å². The molecule has 1 aromatic rings. The topological polar surface area (TPSA) is 25.2 Å². The summed E-state index contributed by atoms with van der Waals surface area (Å²) in [6.07, 6.45) is 7.36. The Balaban J connectivity index is 1.90. The normalized spacial score (nSPS) is 18.7. The highest BCUT2D eigenvalue weighted by Gasteiger charge is 2.21. The first kappa shape index (κ1) is 13.5. The van der Waals surface area contributed by atoms with E-state index in [1.807, 2.05) is 6.07 Å². The summed E-state index contributed by atoms with van der Waals surface area (Å²) in [6.45, 7) is 3.12. The lowest BCUT2D eigenvalue weighted by molar-refractivity contribution is 0.438. The second-order valence-electron chi connectivity index (χ2n) is 4.48. The fraction of sp³-hybridized carbons (Fsp3) is 0.692. The highest BCUT2D eigenvalue weighted by atomic mass is 79.9.